The maximum Gasteiger partial charge on any atom is 0.194 e. The number of halogens is 1. The van der Waals surface area contributed by atoms with Crippen molar-refractivity contribution < 1.29 is 4.52 Å². The van der Waals surface area contributed by atoms with Gasteiger partial charge < -0.3 is 14.7 Å². The van der Waals surface area contributed by atoms with E-state index < -0.39 is 0 Å². The second-order valence-corrected chi connectivity index (χ2v) is 5.79. The summed E-state index contributed by atoms with van der Waals surface area (Å²) in [6.45, 7) is 9.22. The Morgan fingerprint density at radius 1 is 1.50 bits per heavy atom. The van der Waals surface area contributed by atoms with Crippen LogP contribution in [0.2, 0.25) is 0 Å². The van der Waals surface area contributed by atoms with E-state index in [0.717, 1.165) is 48.9 Å². The van der Waals surface area contributed by atoms with Gasteiger partial charge in [0.15, 0.2) is 5.96 Å². The average Bonchev–Trinajstić information content (AvgIpc) is 2.94. The number of hydrogen-bond donors (Lipinski definition) is 1. The van der Waals surface area contributed by atoms with Crippen LogP contribution in [-0.4, -0.2) is 60.7 Å². The van der Waals surface area contributed by atoms with Crippen LogP contribution in [0.3, 0.4) is 0 Å². The maximum atomic E-state index is 4.86. The van der Waals surface area contributed by atoms with Crippen molar-refractivity contribution in [1.29, 1.82) is 0 Å². The van der Waals surface area contributed by atoms with Crippen molar-refractivity contribution in [2.45, 2.75) is 6.54 Å². The monoisotopic (exact) mass is 341 g/mol. The zero-order valence-corrected chi connectivity index (χ0v) is 13.3. The zero-order chi connectivity index (χ0) is 14.4. The summed E-state index contributed by atoms with van der Waals surface area (Å²) in [5, 5.41) is 7.23. The highest BCUT2D eigenvalue weighted by molar-refractivity contribution is 9.11. The molecular weight excluding hydrogens is 322 g/mol. The van der Waals surface area contributed by atoms with Gasteiger partial charge in [-0.05, 0) is 0 Å². The van der Waals surface area contributed by atoms with Crippen LogP contribution in [0, 0.1) is 0 Å². The van der Waals surface area contributed by atoms with Gasteiger partial charge in [-0.25, -0.2) is 0 Å². The number of piperazine rings is 1. The first kappa shape index (κ1) is 15.1. The lowest BCUT2D eigenvalue weighted by Gasteiger charge is -2.36. The lowest BCUT2D eigenvalue weighted by molar-refractivity contribution is 0.169. The molecule has 2 heterocycles. The molecule has 0 saturated carbocycles. The van der Waals surface area contributed by atoms with E-state index >= 15 is 0 Å². The van der Waals surface area contributed by atoms with Crippen molar-refractivity contribution in [3.63, 3.8) is 0 Å². The molecule has 20 heavy (non-hydrogen) atoms. The molecule has 6 nitrogen and oxygen atoms in total. The average molecular weight is 342 g/mol. The van der Waals surface area contributed by atoms with E-state index in [-0.39, 0.29) is 0 Å². The third-order valence-electron chi connectivity index (χ3n) is 3.20. The highest BCUT2D eigenvalue weighted by atomic mass is 79.9. The van der Waals surface area contributed by atoms with Crippen molar-refractivity contribution >= 4 is 21.9 Å². The molecule has 0 atom stereocenters. The van der Waals surface area contributed by atoms with E-state index in [1.165, 1.54) is 0 Å². The maximum absolute atomic E-state index is 4.86. The quantitative estimate of drug-likeness (QED) is 0.660. The molecule has 0 amide bonds. The molecule has 1 aliphatic rings. The summed E-state index contributed by atoms with van der Waals surface area (Å²) in [4.78, 5) is 8.93. The van der Waals surface area contributed by atoms with Crippen molar-refractivity contribution in [3.8, 4) is 0 Å². The zero-order valence-electron chi connectivity index (χ0n) is 11.7. The van der Waals surface area contributed by atoms with Gasteiger partial charge in [0, 0.05) is 56.9 Å². The van der Waals surface area contributed by atoms with Gasteiger partial charge in [-0.2, -0.15) is 0 Å². The van der Waals surface area contributed by atoms with Gasteiger partial charge in [-0.15, -0.1) is 0 Å². The second-order valence-electron chi connectivity index (χ2n) is 4.67. The van der Waals surface area contributed by atoms with Gasteiger partial charge in [-0.3, -0.25) is 9.89 Å². The van der Waals surface area contributed by atoms with Crippen molar-refractivity contribution in [3.05, 3.63) is 29.1 Å². The molecule has 1 N–H and O–H groups in total. The van der Waals surface area contributed by atoms with Crippen LogP contribution < -0.4 is 5.32 Å². The number of aromatic nitrogens is 1. The highest BCUT2D eigenvalue weighted by Crippen LogP contribution is 2.07. The first-order chi connectivity index (χ1) is 9.69. The molecule has 110 valence electrons. The van der Waals surface area contributed by atoms with Crippen LogP contribution in [0.5, 0.6) is 0 Å². The number of hydrogen-bond acceptors (Lipinski definition) is 4. The third-order valence-corrected chi connectivity index (χ3v) is 3.48. The standard InChI is InChI=1S/C13H20BrN5O/c1-11(14)9-16-13(15-2)19-6-4-18(5-7-19)10-12-3-8-20-17-12/h3,8H,1,4-7,9-10H2,2H3,(H,15,16). The summed E-state index contributed by atoms with van der Waals surface area (Å²) < 4.78 is 5.78. The highest BCUT2D eigenvalue weighted by Gasteiger charge is 2.20. The Labute approximate surface area is 127 Å². The molecule has 1 saturated heterocycles. The SMILES string of the molecule is C=C(Br)CNC(=NC)N1CCN(Cc2ccon2)CC1. The first-order valence-electron chi connectivity index (χ1n) is 6.59. The van der Waals surface area contributed by atoms with Crippen molar-refractivity contribution in [2.24, 2.45) is 4.99 Å². The molecule has 1 aromatic heterocycles. The van der Waals surface area contributed by atoms with Crippen LogP contribution in [0.1, 0.15) is 5.69 Å². The molecule has 0 spiro atoms. The van der Waals surface area contributed by atoms with Gasteiger partial charge in [0.2, 0.25) is 0 Å². The molecule has 0 aliphatic carbocycles. The summed E-state index contributed by atoms with van der Waals surface area (Å²) in [5.41, 5.74) is 0.983. The van der Waals surface area contributed by atoms with Gasteiger partial charge in [0.05, 0.1) is 5.69 Å². The van der Waals surface area contributed by atoms with E-state index in [9.17, 15) is 0 Å². The minimum Gasteiger partial charge on any atom is -0.364 e. The largest absolute Gasteiger partial charge is 0.364 e. The number of aliphatic imine (C=N–C) groups is 1. The molecule has 1 fully saturated rings. The van der Waals surface area contributed by atoms with Crippen LogP contribution >= 0.6 is 15.9 Å². The summed E-state index contributed by atoms with van der Waals surface area (Å²) in [6, 6.07) is 1.91. The van der Waals surface area contributed by atoms with E-state index in [1.54, 1.807) is 13.3 Å². The number of guanidine groups is 1. The summed E-state index contributed by atoms with van der Waals surface area (Å²) in [5.74, 6) is 0.923. The first-order valence-corrected chi connectivity index (χ1v) is 7.39. The normalized spacial score (nSPS) is 17.3. The Kier molecular flexibility index (Phi) is 5.60. The lowest BCUT2D eigenvalue weighted by atomic mass is 10.3. The van der Waals surface area contributed by atoms with E-state index in [4.69, 9.17) is 4.52 Å². The fourth-order valence-electron chi connectivity index (χ4n) is 2.17. The predicted molar refractivity (Wildman–Crippen MR) is 82.8 cm³/mol. The van der Waals surface area contributed by atoms with Crippen LogP contribution in [0.4, 0.5) is 0 Å². The Balaban J connectivity index is 1.79. The van der Waals surface area contributed by atoms with Gasteiger partial charge >= 0.3 is 0 Å². The van der Waals surface area contributed by atoms with Crippen LogP contribution in [-0.2, 0) is 6.54 Å². The third kappa shape index (κ3) is 4.35. The minimum absolute atomic E-state index is 0.686. The van der Waals surface area contributed by atoms with Gasteiger partial charge in [0.25, 0.3) is 0 Å². The molecule has 0 unspecified atom stereocenters. The predicted octanol–water partition coefficient (Wildman–Crippen LogP) is 1.28. The summed E-state index contributed by atoms with van der Waals surface area (Å²) in [7, 11) is 1.81. The van der Waals surface area contributed by atoms with Crippen LogP contribution in [0.15, 0.2) is 32.9 Å². The smallest absolute Gasteiger partial charge is 0.194 e. The van der Waals surface area contributed by atoms with E-state index in [0.29, 0.717) is 6.54 Å². The fraction of sp³-hybridized carbons (Fsp3) is 0.538. The molecule has 2 rings (SSSR count). The van der Waals surface area contributed by atoms with E-state index in [1.807, 2.05) is 6.07 Å². The molecule has 0 radical (unpaired) electrons. The summed E-state index contributed by atoms with van der Waals surface area (Å²) >= 11 is 3.34. The molecule has 0 bridgehead atoms. The number of nitrogens with one attached hydrogen (secondary N) is 1. The molecule has 7 heteroatoms. The Morgan fingerprint density at radius 2 is 2.25 bits per heavy atom. The molecule has 1 aromatic rings. The summed E-state index contributed by atoms with van der Waals surface area (Å²) in [6.07, 6.45) is 1.62. The Bertz CT molecular complexity index is 451. The van der Waals surface area contributed by atoms with Gasteiger partial charge in [0.1, 0.15) is 6.26 Å². The van der Waals surface area contributed by atoms with Crippen molar-refractivity contribution in [1.82, 2.24) is 20.3 Å². The number of rotatable bonds is 4. The lowest BCUT2D eigenvalue weighted by Crippen LogP contribution is -2.52. The molecular formula is C13H20BrN5O. The molecule has 0 aromatic carbocycles. The Hall–Kier alpha value is -1.34. The number of nitrogens with zero attached hydrogens (tertiary/aromatic N) is 4. The minimum atomic E-state index is 0.686. The Morgan fingerprint density at radius 3 is 2.80 bits per heavy atom. The molecule has 1 aliphatic heterocycles. The van der Waals surface area contributed by atoms with Crippen molar-refractivity contribution in [2.75, 3.05) is 39.8 Å². The van der Waals surface area contributed by atoms with E-state index in [2.05, 4.69) is 47.8 Å². The van der Waals surface area contributed by atoms with Gasteiger partial charge in [-0.1, -0.05) is 27.7 Å². The van der Waals surface area contributed by atoms with Crippen LogP contribution in [0.25, 0.3) is 0 Å². The fourth-order valence-corrected chi connectivity index (χ4v) is 2.31. The topological polar surface area (TPSA) is 56.9 Å². The second kappa shape index (κ2) is 7.44.